The van der Waals surface area contributed by atoms with Crippen LogP contribution >= 0.6 is 0 Å². The first-order valence-electron chi connectivity index (χ1n) is 10.2. The van der Waals surface area contributed by atoms with Crippen LogP contribution in [0.25, 0.3) is 32.8 Å². The van der Waals surface area contributed by atoms with Gasteiger partial charge in [0.15, 0.2) is 11.6 Å². The van der Waals surface area contributed by atoms with Gasteiger partial charge in [-0.25, -0.2) is 9.97 Å². The van der Waals surface area contributed by atoms with Crippen LogP contribution in [0.1, 0.15) is 31.8 Å². The third-order valence-electron chi connectivity index (χ3n) is 6.03. The molecule has 0 unspecified atom stereocenters. The van der Waals surface area contributed by atoms with E-state index in [0.717, 1.165) is 6.07 Å². The van der Waals surface area contributed by atoms with Gasteiger partial charge in [-0.1, -0.05) is 30.3 Å². The molecular weight excluding hydrogens is 474 g/mol. The Kier molecular flexibility index (Phi) is 4.16. The molecule has 0 saturated carbocycles. The van der Waals surface area contributed by atoms with E-state index in [9.17, 15) is 32.7 Å². The molecule has 1 aromatic heterocycles. The molecule has 0 radical (unpaired) electrons. The lowest BCUT2D eigenvalue weighted by atomic mass is 9.83. The van der Waals surface area contributed by atoms with Crippen molar-refractivity contribution in [3.63, 3.8) is 0 Å². The number of hydrogen-bond donors (Lipinski definition) is 1. The quantitative estimate of drug-likeness (QED) is 0.126. The molecule has 11 heteroatoms. The van der Waals surface area contributed by atoms with Gasteiger partial charge in [0, 0.05) is 34.2 Å². The monoisotopic (exact) mass is 485 g/mol. The van der Waals surface area contributed by atoms with Crippen molar-refractivity contribution in [2.45, 2.75) is 4.90 Å². The molecule has 170 valence electrons. The first-order chi connectivity index (χ1) is 16.6. The Morgan fingerprint density at radius 3 is 2.17 bits per heavy atom. The molecule has 0 aliphatic heterocycles. The Morgan fingerprint density at radius 2 is 1.49 bits per heavy atom. The maximum atomic E-state index is 13.4. The highest BCUT2D eigenvalue weighted by atomic mass is 32.2. The van der Waals surface area contributed by atoms with Gasteiger partial charge in [-0.3, -0.25) is 24.3 Å². The number of rotatable bonds is 2. The smallest absolute Gasteiger partial charge is 0.289 e. The summed E-state index contributed by atoms with van der Waals surface area (Å²) in [7, 11) is -4.90. The van der Waals surface area contributed by atoms with Crippen LogP contribution in [0.3, 0.4) is 0 Å². The number of carbonyl (C=O) groups is 2. The lowest BCUT2D eigenvalue weighted by Crippen LogP contribution is -2.22. The first kappa shape index (κ1) is 21.0. The first-order valence-corrected chi connectivity index (χ1v) is 11.6. The predicted molar refractivity (Wildman–Crippen MR) is 124 cm³/mol. The zero-order valence-corrected chi connectivity index (χ0v) is 18.2. The summed E-state index contributed by atoms with van der Waals surface area (Å²) in [4.78, 5) is 45.5. The number of aromatic nitrogens is 2. The third-order valence-corrected chi connectivity index (χ3v) is 6.89. The van der Waals surface area contributed by atoms with Gasteiger partial charge in [-0.15, -0.1) is 0 Å². The Labute approximate surface area is 195 Å². The van der Waals surface area contributed by atoms with E-state index in [2.05, 4.69) is 9.97 Å². The average Bonchev–Trinajstić information content (AvgIpc) is 2.84. The standard InChI is InChI=1S/C24H11N3O7S/c28-23-13-3-1-2-4-14(13)24(29)19-16(23)10-18(35(32,33)34)21-22(19)25-17-8-6-11-5-7-12(27(30)31)9-15(11)20(17)26-21/h1-10H,(H,32,33,34). The maximum absolute atomic E-state index is 13.4. The number of ketones is 2. The number of nitro benzene ring substituents is 1. The van der Waals surface area contributed by atoms with E-state index in [0.29, 0.717) is 10.8 Å². The van der Waals surface area contributed by atoms with Gasteiger partial charge < -0.3 is 0 Å². The number of hydrogen-bond acceptors (Lipinski definition) is 8. The van der Waals surface area contributed by atoms with Crippen LogP contribution in [0.2, 0.25) is 0 Å². The highest BCUT2D eigenvalue weighted by molar-refractivity contribution is 7.86. The molecule has 6 rings (SSSR count). The van der Waals surface area contributed by atoms with E-state index < -0.39 is 31.5 Å². The number of non-ortho nitro benzene ring substituents is 1. The fourth-order valence-corrected chi connectivity index (χ4v) is 5.10. The number of nitrogens with zero attached hydrogens (tertiary/aromatic N) is 3. The van der Waals surface area contributed by atoms with Gasteiger partial charge in [0.25, 0.3) is 15.8 Å². The maximum Gasteiger partial charge on any atom is 0.296 e. The molecule has 0 bridgehead atoms. The van der Waals surface area contributed by atoms with Crippen LogP contribution < -0.4 is 0 Å². The summed E-state index contributed by atoms with van der Waals surface area (Å²) in [5.74, 6) is -1.12. The van der Waals surface area contributed by atoms with E-state index >= 15 is 0 Å². The van der Waals surface area contributed by atoms with E-state index in [1.165, 1.54) is 30.3 Å². The second kappa shape index (κ2) is 6.95. The average molecular weight is 485 g/mol. The molecule has 0 fully saturated rings. The predicted octanol–water partition coefficient (Wildman–Crippen LogP) is 3.87. The third kappa shape index (κ3) is 2.95. The number of nitro groups is 1. The van der Waals surface area contributed by atoms with Crippen molar-refractivity contribution >= 4 is 60.2 Å². The fraction of sp³-hybridized carbons (Fsp3) is 0. The summed E-state index contributed by atoms with van der Waals surface area (Å²) in [6.45, 7) is 0. The van der Waals surface area contributed by atoms with E-state index in [1.807, 2.05) is 0 Å². The summed E-state index contributed by atoms with van der Waals surface area (Å²) in [5, 5.41) is 12.2. The van der Waals surface area contributed by atoms with Crippen molar-refractivity contribution < 1.29 is 27.5 Å². The molecule has 10 nitrogen and oxygen atoms in total. The van der Waals surface area contributed by atoms with E-state index in [4.69, 9.17) is 0 Å². The Balaban J connectivity index is 1.80. The van der Waals surface area contributed by atoms with Crippen LogP contribution in [0.5, 0.6) is 0 Å². The largest absolute Gasteiger partial charge is 0.296 e. The molecule has 0 atom stereocenters. The Bertz CT molecular complexity index is 1950. The minimum absolute atomic E-state index is 0.109. The summed E-state index contributed by atoms with van der Waals surface area (Å²) in [5.41, 5.74) is -0.413. The summed E-state index contributed by atoms with van der Waals surface area (Å²) in [6.07, 6.45) is 0. The van der Waals surface area contributed by atoms with Crippen molar-refractivity contribution in [2.24, 2.45) is 0 Å². The van der Waals surface area contributed by atoms with Gasteiger partial charge in [0.1, 0.15) is 15.9 Å². The van der Waals surface area contributed by atoms with Gasteiger partial charge >= 0.3 is 0 Å². The van der Waals surface area contributed by atoms with Crippen LogP contribution in [0.15, 0.2) is 65.6 Å². The Morgan fingerprint density at radius 1 is 0.800 bits per heavy atom. The highest BCUT2D eigenvalue weighted by Gasteiger charge is 2.35. The number of benzene rings is 4. The molecule has 1 aliphatic carbocycles. The lowest BCUT2D eigenvalue weighted by Gasteiger charge is -2.20. The van der Waals surface area contributed by atoms with Gasteiger partial charge in [0.05, 0.1) is 21.5 Å². The Hall–Kier alpha value is -4.61. The van der Waals surface area contributed by atoms with Crippen LogP contribution in [0, 0.1) is 10.1 Å². The van der Waals surface area contributed by atoms with Crippen molar-refractivity contribution in [2.75, 3.05) is 0 Å². The molecule has 5 aromatic rings. The van der Waals surface area contributed by atoms with E-state index in [-0.39, 0.29) is 50.0 Å². The van der Waals surface area contributed by atoms with Crippen LogP contribution in [0.4, 0.5) is 5.69 Å². The zero-order chi connectivity index (χ0) is 24.6. The molecule has 4 aromatic carbocycles. The van der Waals surface area contributed by atoms with Crippen molar-refractivity contribution in [3.05, 3.63) is 93.0 Å². The molecule has 0 saturated heterocycles. The molecule has 1 heterocycles. The van der Waals surface area contributed by atoms with Crippen molar-refractivity contribution in [1.29, 1.82) is 0 Å². The second-order valence-corrected chi connectivity index (χ2v) is 9.38. The van der Waals surface area contributed by atoms with E-state index in [1.54, 1.807) is 24.3 Å². The van der Waals surface area contributed by atoms with Crippen molar-refractivity contribution in [1.82, 2.24) is 9.97 Å². The summed E-state index contributed by atoms with van der Waals surface area (Å²) >= 11 is 0. The molecule has 0 amide bonds. The minimum atomic E-state index is -4.90. The second-order valence-electron chi connectivity index (χ2n) is 7.99. The summed E-state index contributed by atoms with van der Waals surface area (Å²) < 4.78 is 34.6. The van der Waals surface area contributed by atoms with Gasteiger partial charge in [0.2, 0.25) is 0 Å². The molecule has 35 heavy (non-hydrogen) atoms. The van der Waals surface area contributed by atoms with Gasteiger partial charge in [-0.05, 0) is 23.6 Å². The topological polar surface area (TPSA) is 157 Å². The SMILES string of the molecule is O=C1c2ccccc2C(=O)c2c1cc(S(=O)(=O)O)c1nc3c(ccc4ccc([N+](=O)[O-])cc43)nc21. The molecule has 1 N–H and O–H groups in total. The highest BCUT2D eigenvalue weighted by Crippen LogP contribution is 2.36. The zero-order valence-electron chi connectivity index (χ0n) is 17.4. The van der Waals surface area contributed by atoms with Crippen LogP contribution in [-0.4, -0.2) is 39.4 Å². The lowest BCUT2D eigenvalue weighted by molar-refractivity contribution is -0.384. The number of fused-ring (bicyclic) bond motifs is 7. The summed E-state index contributed by atoms with van der Waals surface area (Å²) in [6, 6.07) is 14.4. The number of carbonyl (C=O) groups excluding carboxylic acids is 2. The fourth-order valence-electron chi connectivity index (χ4n) is 4.45. The normalized spacial score (nSPS) is 13.3. The molecular formula is C24H11N3O7S. The molecule has 1 aliphatic rings. The molecule has 0 spiro atoms. The van der Waals surface area contributed by atoms with Gasteiger partial charge in [-0.2, -0.15) is 8.42 Å². The van der Waals surface area contributed by atoms with Crippen molar-refractivity contribution in [3.8, 4) is 0 Å². The minimum Gasteiger partial charge on any atom is -0.289 e. The van der Waals surface area contributed by atoms with Crippen LogP contribution in [-0.2, 0) is 10.1 Å².